The van der Waals surface area contributed by atoms with Crippen LogP contribution in [0.15, 0.2) is 55.2 Å². The van der Waals surface area contributed by atoms with Crippen LogP contribution < -0.4 is 5.32 Å². The van der Waals surface area contributed by atoms with E-state index < -0.39 is 23.8 Å². The Balaban J connectivity index is 0.000000307. The van der Waals surface area contributed by atoms with E-state index in [0.717, 1.165) is 30.4 Å². The fraction of sp³-hybridized carbons (Fsp3) is 0.0833. The molecule has 1 amide bonds. The molecule has 3 aromatic heterocycles. The molecule has 0 atom stereocenters. The number of carbonyl (C=O) groups is 4. The number of carbonyl (C=O) groups excluding carboxylic acids is 1. The van der Waals surface area contributed by atoms with Crippen LogP contribution in [0, 0.1) is 11.3 Å². The van der Waals surface area contributed by atoms with Gasteiger partial charge in [0, 0.05) is 18.3 Å². The number of carboxylic acids is 3. The highest BCUT2D eigenvalue weighted by Crippen LogP contribution is 2.24. The molecule has 0 unspecified atom stereocenters. The zero-order valence-electron chi connectivity index (χ0n) is 20.1. The number of benzene rings is 1. The molecule has 4 rings (SSSR count). The minimum atomic E-state index is -1.24. The lowest BCUT2D eigenvalue weighted by Crippen LogP contribution is -2.28. The normalized spacial score (nSPS) is 10.0. The van der Waals surface area contributed by atoms with E-state index in [1.54, 1.807) is 35.1 Å². The molecule has 0 saturated carbocycles. The van der Waals surface area contributed by atoms with Gasteiger partial charge in [-0.1, -0.05) is 17.7 Å². The van der Waals surface area contributed by atoms with E-state index in [1.165, 1.54) is 0 Å². The van der Waals surface area contributed by atoms with Crippen LogP contribution in [0.2, 0.25) is 5.02 Å². The van der Waals surface area contributed by atoms with Crippen LogP contribution >= 0.6 is 11.6 Å². The smallest absolute Gasteiger partial charge is 0.356 e. The number of carboxylic acid groups (broad SMARTS) is 3. The second kappa shape index (κ2) is 13.2. The highest BCUT2D eigenvalue weighted by atomic mass is 35.5. The van der Waals surface area contributed by atoms with Crippen molar-refractivity contribution in [3.05, 3.63) is 88.6 Å². The van der Waals surface area contributed by atoms with E-state index in [0.29, 0.717) is 22.8 Å². The summed E-state index contributed by atoms with van der Waals surface area (Å²) in [7, 11) is 0. The molecule has 0 saturated heterocycles. The van der Waals surface area contributed by atoms with Crippen LogP contribution in [0.3, 0.4) is 0 Å². The van der Waals surface area contributed by atoms with Gasteiger partial charge in [0.05, 0.1) is 47.6 Å². The van der Waals surface area contributed by atoms with Crippen LogP contribution in [0.1, 0.15) is 47.5 Å². The maximum Gasteiger partial charge on any atom is 0.356 e. The first-order chi connectivity index (χ1) is 19.1. The van der Waals surface area contributed by atoms with Gasteiger partial charge in [-0.25, -0.2) is 34.3 Å². The summed E-state index contributed by atoms with van der Waals surface area (Å²) >= 11 is 6.04. The molecule has 0 bridgehead atoms. The maximum absolute atomic E-state index is 12.0. The number of hydrogen-bond acceptors (Lipinski definition) is 10. The van der Waals surface area contributed by atoms with Crippen LogP contribution in [0.5, 0.6) is 0 Å². The number of aromatic carboxylic acids is 3. The van der Waals surface area contributed by atoms with Gasteiger partial charge in [-0.15, -0.1) is 0 Å². The molecule has 0 aliphatic heterocycles. The van der Waals surface area contributed by atoms with Crippen molar-refractivity contribution >= 4 is 35.4 Å². The summed E-state index contributed by atoms with van der Waals surface area (Å²) in [5, 5.41) is 41.9. The molecule has 0 fully saturated rings. The lowest BCUT2D eigenvalue weighted by molar-refractivity contribution is 0.0670. The molecular weight excluding hydrogens is 548 g/mol. The zero-order valence-corrected chi connectivity index (χ0v) is 20.8. The SMILES string of the molecule is N#Cc1ccc(-c2ccn(CCNC(=O)c3cnc(C(=O)O)cn3)n2)cc1Cl.O=C(O)c1cnc(C(=O)O)cn1. The summed E-state index contributed by atoms with van der Waals surface area (Å²) in [6.45, 7) is 0.701. The number of nitriles is 1. The van der Waals surface area contributed by atoms with E-state index in [9.17, 15) is 19.2 Å². The van der Waals surface area contributed by atoms with Gasteiger partial charge in [0.25, 0.3) is 5.91 Å². The van der Waals surface area contributed by atoms with Crippen molar-refractivity contribution in [1.82, 2.24) is 35.0 Å². The molecule has 4 aromatic rings. The second-order valence-electron chi connectivity index (χ2n) is 7.52. The van der Waals surface area contributed by atoms with Crippen molar-refractivity contribution in [2.24, 2.45) is 0 Å². The quantitative estimate of drug-likeness (QED) is 0.239. The lowest BCUT2D eigenvalue weighted by atomic mass is 10.1. The summed E-state index contributed by atoms with van der Waals surface area (Å²) < 4.78 is 1.65. The van der Waals surface area contributed by atoms with Crippen LogP contribution in [-0.4, -0.2) is 75.4 Å². The van der Waals surface area contributed by atoms with Gasteiger partial charge >= 0.3 is 17.9 Å². The fourth-order valence-corrected chi connectivity index (χ4v) is 3.11. The maximum atomic E-state index is 12.0. The molecule has 0 aliphatic rings. The molecule has 4 N–H and O–H groups in total. The standard InChI is InChI=1S/C18H13ClN6O3.C6H4N2O4/c19-13-7-11(1-2-12(13)8-20)14-3-5-25(24-14)6-4-21-17(26)15-9-23-16(10-22-15)18(27)28;9-5(10)3-1-7-4(2-8-3)6(11)12/h1-3,5,7,9-10H,4,6H2,(H,21,26)(H,27,28);1-2H,(H,9,10)(H,11,12). The molecule has 15 nitrogen and oxygen atoms in total. The molecule has 40 heavy (non-hydrogen) atoms. The minimum absolute atomic E-state index is 0.0263. The number of aromatic nitrogens is 6. The number of amides is 1. The van der Waals surface area contributed by atoms with Crippen molar-refractivity contribution in [2.75, 3.05) is 6.54 Å². The Hall–Kier alpha value is -5.75. The van der Waals surface area contributed by atoms with E-state index in [-0.39, 0.29) is 29.3 Å². The van der Waals surface area contributed by atoms with Crippen molar-refractivity contribution in [2.45, 2.75) is 6.54 Å². The molecular formula is C24H17ClN8O7. The number of halogens is 1. The van der Waals surface area contributed by atoms with Crippen LogP contribution in [-0.2, 0) is 6.54 Å². The molecule has 3 heterocycles. The van der Waals surface area contributed by atoms with Crippen LogP contribution in [0.4, 0.5) is 0 Å². The first-order valence-corrected chi connectivity index (χ1v) is 11.3. The number of nitrogens with zero attached hydrogens (tertiary/aromatic N) is 7. The van der Waals surface area contributed by atoms with Crippen LogP contribution in [0.25, 0.3) is 11.3 Å². The number of nitrogens with one attached hydrogen (secondary N) is 1. The average molecular weight is 565 g/mol. The van der Waals surface area contributed by atoms with Gasteiger partial charge < -0.3 is 20.6 Å². The predicted octanol–water partition coefficient (Wildman–Crippen LogP) is 1.87. The third-order valence-corrected chi connectivity index (χ3v) is 5.16. The Labute approximate surface area is 229 Å². The third kappa shape index (κ3) is 7.63. The summed E-state index contributed by atoms with van der Waals surface area (Å²) in [6.07, 6.45) is 5.69. The predicted molar refractivity (Wildman–Crippen MR) is 135 cm³/mol. The Morgan fingerprint density at radius 3 is 1.82 bits per heavy atom. The molecule has 0 spiro atoms. The van der Waals surface area contributed by atoms with Gasteiger partial charge in [0.1, 0.15) is 11.8 Å². The second-order valence-corrected chi connectivity index (χ2v) is 7.92. The monoisotopic (exact) mass is 564 g/mol. The van der Waals surface area contributed by atoms with Gasteiger partial charge in [-0.3, -0.25) is 9.48 Å². The Morgan fingerprint density at radius 1 is 0.850 bits per heavy atom. The summed E-state index contributed by atoms with van der Waals surface area (Å²) in [5.41, 5.74) is 1.10. The first kappa shape index (κ1) is 28.8. The number of hydrogen-bond donors (Lipinski definition) is 4. The first-order valence-electron chi connectivity index (χ1n) is 10.9. The van der Waals surface area contributed by atoms with Gasteiger partial charge in [0.15, 0.2) is 17.1 Å². The summed E-state index contributed by atoms with van der Waals surface area (Å²) in [6, 6.07) is 8.87. The summed E-state index contributed by atoms with van der Waals surface area (Å²) in [5.74, 6) is -4.15. The largest absolute Gasteiger partial charge is 0.476 e. The molecule has 202 valence electrons. The third-order valence-electron chi connectivity index (χ3n) is 4.85. The molecule has 1 aromatic carbocycles. The highest BCUT2D eigenvalue weighted by Gasteiger charge is 2.11. The van der Waals surface area contributed by atoms with Gasteiger partial charge in [-0.05, 0) is 18.2 Å². The Morgan fingerprint density at radius 2 is 1.38 bits per heavy atom. The minimum Gasteiger partial charge on any atom is -0.476 e. The number of rotatable bonds is 8. The topological polar surface area (TPSA) is 234 Å². The van der Waals surface area contributed by atoms with Gasteiger partial charge in [-0.2, -0.15) is 10.4 Å². The van der Waals surface area contributed by atoms with Crippen molar-refractivity contribution in [3.63, 3.8) is 0 Å². The Bertz CT molecular complexity index is 1570. The highest BCUT2D eigenvalue weighted by molar-refractivity contribution is 6.32. The summed E-state index contributed by atoms with van der Waals surface area (Å²) in [4.78, 5) is 57.3. The zero-order chi connectivity index (χ0) is 29.2. The van der Waals surface area contributed by atoms with Crippen molar-refractivity contribution < 1.29 is 34.5 Å². The van der Waals surface area contributed by atoms with Crippen molar-refractivity contribution in [3.8, 4) is 17.3 Å². The van der Waals surface area contributed by atoms with E-state index >= 15 is 0 Å². The van der Waals surface area contributed by atoms with E-state index in [2.05, 4.69) is 30.4 Å². The van der Waals surface area contributed by atoms with E-state index in [1.807, 2.05) is 6.07 Å². The van der Waals surface area contributed by atoms with Gasteiger partial charge in [0.2, 0.25) is 0 Å². The van der Waals surface area contributed by atoms with E-state index in [4.69, 9.17) is 32.2 Å². The van der Waals surface area contributed by atoms with Crippen molar-refractivity contribution in [1.29, 1.82) is 5.26 Å². The lowest BCUT2D eigenvalue weighted by Gasteiger charge is -2.05. The molecule has 16 heteroatoms. The Kier molecular flexibility index (Phi) is 9.48. The molecule has 0 radical (unpaired) electrons. The average Bonchev–Trinajstić information content (AvgIpc) is 3.42. The fourth-order valence-electron chi connectivity index (χ4n) is 2.88. The molecule has 0 aliphatic carbocycles.